The van der Waals surface area contributed by atoms with E-state index in [1.807, 2.05) is 6.07 Å². The van der Waals surface area contributed by atoms with Crippen LogP contribution in [0, 0.1) is 0 Å². The number of thioether (sulfide) groups is 1. The number of hydrogen-bond acceptors (Lipinski definition) is 6. The number of hydrogen-bond donors (Lipinski definition) is 1. The van der Waals surface area contributed by atoms with Crippen molar-refractivity contribution in [3.05, 3.63) is 30.3 Å². The number of nitrogens with zero attached hydrogens (tertiary/aromatic N) is 1. The van der Waals surface area contributed by atoms with Crippen LogP contribution in [0.25, 0.3) is 0 Å². The number of benzene rings is 1. The van der Waals surface area contributed by atoms with Crippen molar-refractivity contribution in [2.45, 2.75) is 36.1 Å². The molecule has 0 radical (unpaired) electrons. The molecule has 2 amide bonds. The van der Waals surface area contributed by atoms with Gasteiger partial charge in [-0.2, -0.15) is 0 Å². The van der Waals surface area contributed by atoms with Gasteiger partial charge in [0.1, 0.15) is 17.2 Å². The fourth-order valence-electron chi connectivity index (χ4n) is 3.01. The number of carbonyl (C=O) groups excluding carboxylic acids is 3. The van der Waals surface area contributed by atoms with E-state index in [0.717, 1.165) is 0 Å². The summed E-state index contributed by atoms with van der Waals surface area (Å²) in [6, 6.07) is 7.14. The zero-order valence-electron chi connectivity index (χ0n) is 14.2. The molecule has 2 aliphatic rings. The molecule has 0 bridgehead atoms. The predicted molar refractivity (Wildman–Crippen MR) is 85.0 cm³/mol. The van der Waals surface area contributed by atoms with E-state index in [-0.39, 0.29) is 58.0 Å². The van der Waals surface area contributed by atoms with Gasteiger partial charge in [0.05, 0.1) is 12.0 Å². The van der Waals surface area contributed by atoms with Crippen molar-refractivity contribution in [3.63, 3.8) is 0 Å². The summed E-state index contributed by atoms with van der Waals surface area (Å²) in [7, 11) is 0. The third kappa shape index (κ3) is 4.06. The Morgan fingerprint density at radius 2 is 1.96 bits per heavy atom. The zero-order chi connectivity index (χ0) is 17.5. The van der Waals surface area contributed by atoms with Gasteiger partial charge >= 0.3 is 51.4 Å². The maximum absolute atomic E-state index is 12.2. The monoisotopic (exact) mass is 388 g/mol. The summed E-state index contributed by atoms with van der Waals surface area (Å²) in [5.74, 6) is -1.55. The third-order valence-electron chi connectivity index (χ3n) is 4.09. The Bertz CT molecular complexity index is 684. The molecular formula is C16H17KN2O5S. The van der Waals surface area contributed by atoms with Crippen molar-refractivity contribution < 1.29 is 75.6 Å². The average molecular weight is 388 g/mol. The molecule has 9 heteroatoms. The fraction of sp³-hybridized carbons (Fsp3) is 0.438. The Balaban J connectivity index is 0.00000225. The van der Waals surface area contributed by atoms with Crippen LogP contribution in [0.4, 0.5) is 0 Å². The van der Waals surface area contributed by atoms with Crippen LogP contribution in [0.5, 0.6) is 5.75 Å². The Kier molecular flexibility index (Phi) is 6.61. The van der Waals surface area contributed by atoms with Crippen LogP contribution in [-0.4, -0.2) is 51.5 Å². The minimum Gasteiger partial charge on any atom is -0.548 e. The number of fused-ring (bicyclic) bond motifs is 1. The minimum absolute atomic E-state index is 0. The topological polar surface area (TPSA) is 98.8 Å². The number of carboxylic acids is 1. The molecule has 2 aliphatic heterocycles. The molecule has 3 atom stereocenters. The molecule has 3 rings (SSSR count). The number of nitrogens with one attached hydrogen (secondary N) is 1. The smallest absolute Gasteiger partial charge is 0.548 e. The number of aliphatic carboxylic acids is 1. The summed E-state index contributed by atoms with van der Waals surface area (Å²) < 4.78 is 4.67. The Morgan fingerprint density at radius 1 is 1.32 bits per heavy atom. The number of amides is 2. The van der Waals surface area contributed by atoms with E-state index in [2.05, 4.69) is 5.32 Å². The standard InChI is InChI=1S/C16H18N2O5S.K/c1-16(2)12(15(21)22)18-13(20)11(14(18)24-16)17-10(19)8-23-9-6-4-3-5-7-9;/h3-7,11-12,14H,8H2,1-2H3,(H,17,19)(H,21,22);/q;+1/p-1/t11?,12-,14+;/m0./s1. The summed E-state index contributed by atoms with van der Waals surface area (Å²) in [6.45, 7) is 3.29. The molecule has 2 heterocycles. The van der Waals surface area contributed by atoms with Crippen LogP contribution in [0.1, 0.15) is 13.8 Å². The first kappa shape index (κ1) is 20.7. The molecule has 25 heavy (non-hydrogen) atoms. The Morgan fingerprint density at radius 3 is 2.56 bits per heavy atom. The maximum atomic E-state index is 12.2. The van der Waals surface area contributed by atoms with E-state index in [4.69, 9.17) is 4.74 Å². The first-order chi connectivity index (χ1) is 11.3. The minimum atomic E-state index is -1.28. The second-order valence-corrected chi connectivity index (χ2v) is 8.00. The molecule has 1 aromatic rings. The molecular weight excluding hydrogens is 371 g/mol. The Labute approximate surface area is 192 Å². The van der Waals surface area contributed by atoms with Crippen molar-refractivity contribution in [1.82, 2.24) is 10.2 Å². The van der Waals surface area contributed by atoms with Crippen molar-refractivity contribution in [3.8, 4) is 5.75 Å². The van der Waals surface area contributed by atoms with Gasteiger partial charge in [0.15, 0.2) is 6.61 Å². The van der Waals surface area contributed by atoms with Gasteiger partial charge in [-0.1, -0.05) is 18.2 Å². The van der Waals surface area contributed by atoms with Crippen molar-refractivity contribution in [1.29, 1.82) is 0 Å². The number of β-lactam (4-membered cyclic amide) rings is 1. The summed E-state index contributed by atoms with van der Waals surface area (Å²) in [5, 5.41) is 13.5. The van der Waals surface area contributed by atoms with E-state index < -0.39 is 40.0 Å². The molecule has 0 spiro atoms. The summed E-state index contributed by atoms with van der Waals surface area (Å²) in [5.41, 5.74) is 0. The largest absolute Gasteiger partial charge is 1.00 e. The maximum Gasteiger partial charge on any atom is 1.00 e. The number of para-hydroxylation sites is 1. The van der Waals surface area contributed by atoms with Gasteiger partial charge in [-0.15, -0.1) is 11.8 Å². The summed E-state index contributed by atoms with van der Waals surface area (Å²) in [6.07, 6.45) is 0. The molecule has 7 nitrogen and oxygen atoms in total. The average Bonchev–Trinajstić information content (AvgIpc) is 2.80. The van der Waals surface area contributed by atoms with Crippen LogP contribution in [0.3, 0.4) is 0 Å². The van der Waals surface area contributed by atoms with Gasteiger partial charge in [0.25, 0.3) is 5.91 Å². The van der Waals surface area contributed by atoms with E-state index in [1.54, 1.807) is 38.1 Å². The quantitative estimate of drug-likeness (QED) is 0.413. The van der Waals surface area contributed by atoms with Gasteiger partial charge in [0, 0.05) is 4.75 Å². The van der Waals surface area contributed by atoms with E-state index in [1.165, 1.54) is 16.7 Å². The van der Waals surface area contributed by atoms with Crippen LogP contribution >= 0.6 is 11.8 Å². The van der Waals surface area contributed by atoms with Crippen LogP contribution in [0.15, 0.2) is 30.3 Å². The second-order valence-electron chi connectivity index (χ2n) is 6.23. The fourth-order valence-corrected chi connectivity index (χ4v) is 4.63. The molecule has 0 aliphatic carbocycles. The van der Waals surface area contributed by atoms with Crippen molar-refractivity contribution >= 4 is 29.5 Å². The molecule has 128 valence electrons. The molecule has 0 saturated carbocycles. The number of carboxylic acid groups (broad SMARTS) is 1. The number of carbonyl (C=O) groups is 3. The molecule has 1 N–H and O–H groups in total. The van der Waals surface area contributed by atoms with Crippen molar-refractivity contribution in [2.24, 2.45) is 0 Å². The molecule has 2 fully saturated rings. The van der Waals surface area contributed by atoms with E-state index in [0.29, 0.717) is 5.75 Å². The van der Waals surface area contributed by atoms with Crippen LogP contribution < -0.4 is 66.5 Å². The van der Waals surface area contributed by atoms with Crippen molar-refractivity contribution in [2.75, 3.05) is 6.61 Å². The number of ether oxygens (including phenoxy) is 1. The van der Waals surface area contributed by atoms with E-state index in [9.17, 15) is 19.5 Å². The first-order valence-corrected chi connectivity index (χ1v) is 8.37. The summed E-state index contributed by atoms with van der Waals surface area (Å²) >= 11 is 1.35. The first-order valence-electron chi connectivity index (χ1n) is 7.49. The van der Waals surface area contributed by atoms with Gasteiger partial charge in [-0.3, -0.25) is 9.59 Å². The SMILES string of the molecule is CC1(C)S[C@@H]2C(NC(=O)COc3ccccc3)C(=O)N2[C@H]1C(=O)[O-].[K+]. The molecule has 1 unspecified atom stereocenters. The zero-order valence-corrected chi connectivity index (χ0v) is 18.2. The second kappa shape index (κ2) is 7.97. The van der Waals surface area contributed by atoms with Gasteiger partial charge in [-0.05, 0) is 26.0 Å². The Hall–Kier alpha value is -0.584. The van der Waals surface area contributed by atoms with E-state index >= 15 is 0 Å². The van der Waals surface area contributed by atoms with Crippen LogP contribution in [-0.2, 0) is 14.4 Å². The molecule has 2 saturated heterocycles. The van der Waals surface area contributed by atoms with Gasteiger partial charge in [-0.25, -0.2) is 0 Å². The van der Waals surface area contributed by atoms with Gasteiger partial charge in [0.2, 0.25) is 5.91 Å². The van der Waals surface area contributed by atoms with Gasteiger partial charge < -0.3 is 24.9 Å². The number of rotatable bonds is 5. The predicted octanol–water partition coefficient (Wildman–Crippen LogP) is -3.63. The van der Waals surface area contributed by atoms with Crippen LogP contribution in [0.2, 0.25) is 0 Å². The third-order valence-corrected chi connectivity index (χ3v) is 5.67. The molecule has 1 aromatic carbocycles. The summed E-state index contributed by atoms with van der Waals surface area (Å²) in [4.78, 5) is 36.8. The normalized spacial score (nSPS) is 26.1. The molecule has 0 aromatic heterocycles.